The summed E-state index contributed by atoms with van der Waals surface area (Å²) in [5.74, 6) is 1.06. The lowest BCUT2D eigenvalue weighted by Crippen LogP contribution is -2.35. The van der Waals surface area contributed by atoms with Crippen LogP contribution in [0.25, 0.3) is 0 Å². The minimum absolute atomic E-state index is 0.673. The van der Waals surface area contributed by atoms with E-state index in [9.17, 15) is 0 Å². The fourth-order valence-electron chi connectivity index (χ4n) is 1.88. The molecule has 82 valence electrons. The number of piperidine rings is 1. The van der Waals surface area contributed by atoms with Crippen molar-refractivity contribution in [1.82, 2.24) is 9.97 Å². The van der Waals surface area contributed by atoms with Crippen molar-refractivity contribution in [2.75, 3.05) is 18.0 Å². The number of halogens is 1. The van der Waals surface area contributed by atoms with Crippen LogP contribution in [-0.2, 0) is 0 Å². The second-order valence-corrected chi connectivity index (χ2v) is 5.38. The highest BCUT2D eigenvalue weighted by molar-refractivity contribution is 9.09. The molecule has 0 spiro atoms. The molecule has 1 fully saturated rings. The van der Waals surface area contributed by atoms with Crippen LogP contribution in [0.4, 0.5) is 5.82 Å². The fraction of sp³-hybridized carbons (Fsp3) is 0.636. The molecule has 0 unspecified atom stereocenters. The van der Waals surface area contributed by atoms with Crippen LogP contribution in [0.2, 0.25) is 0 Å². The fourth-order valence-corrected chi connectivity index (χ4v) is 2.29. The lowest BCUT2D eigenvalue weighted by molar-refractivity contribution is 0.589. The Bertz CT molecular complexity index is 346. The second-order valence-electron chi connectivity index (χ2n) is 4.08. The van der Waals surface area contributed by atoms with Gasteiger partial charge in [-0.3, -0.25) is 4.98 Å². The second kappa shape index (κ2) is 4.47. The van der Waals surface area contributed by atoms with E-state index in [1.807, 2.05) is 20.0 Å². The minimum atomic E-state index is 0.673. The van der Waals surface area contributed by atoms with Crippen LogP contribution < -0.4 is 4.90 Å². The topological polar surface area (TPSA) is 29.0 Å². The first kappa shape index (κ1) is 10.9. The molecule has 1 aliphatic heterocycles. The molecule has 0 saturated carbocycles. The molecular formula is C11H16BrN3. The quantitative estimate of drug-likeness (QED) is 0.734. The largest absolute Gasteiger partial charge is 0.355 e. The number of hydrogen-bond donors (Lipinski definition) is 0. The van der Waals surface area contributed by atoms with Crippen LogP contribution in [0.1, 0.15) is 24.2 Å². The summed E-state index contributed by atoms with van der Waals surface area (Å²) < 4.78 is 0. The van der Waals surface area contributed by atoms with Crippen molar-refractivity contribution < 1.29 is 0 Å². The molecule has 0 bridgehead atoms. The van der Waals surface area contributed by atoms with Gasteiger partial charge in [-0.2, -0.15) is 0 Å². The van der Waals surface area contributed by atoms with Crippen molar-refractivity contribution in [3.63, 3.8) is 0 Å². The molecule has 1 aromatic heterocycles. The number of alkyl halides is 1. The van der Waals surface area contributed by atoms with Crippen molar-refractivity contribution in [3.8, 4) is 0 Å². The minimum Gasteiger partial charge on any atom is -0.355 e. The standard InChI is InChI=1S/C11H16BrN3/c1-8-7-13-9(2)11(14-8)15-5-3-10(12)4-6-15/h7,10H,3-6H2,1-2H3. The summed E-state index contributed by atoms with van der Waals surface area (Å²) in [6.07, 6.45) is 4.21. The Kier molecular flexibility index (Phi) is 3.24. The number of aromatic nitrogens is 2. The Morgan fingerprint density at radius 3 is 2.67 bits per heavy atom. The highest BCUT2D eigenvalue weighted by atomic mass is 79.9. The zero-order valence-electron chi connectivity index (χ0n) is 9.20. The van der Waals surface area contributed by atoms with Crippen LogP contribution in [0.15, 0.2) is 6.20 Å². The van der Waals surface area contributed by atoms with Gasteiger partial charge in [-0.25, -0.2) is 4.98 Å². The summed E-state index contributed by atoms with van der Waals surface area (Å²) in [7, 11) is 0. The predicted molar refractivity (Wildman–Crippen MR) is 65.7 cm³/mol. The highest BCUT2D eigenvalue weighted by Gasteiger charge is 2.19. The normalized spacial score (nSPS) is 18.2. The van der Waals surface area contributed by atoms with Gasteiger partial charge in [0.15, 0.2) is 0 Å². The van der Waals surface area contributed by atoms with Gasteiger partial charge in [0, 0.05) is 24.1 Å². The SMILES string of the molecule is Cc1cnc(C)c(N2CCC(Br)CC2)n1. The Morgan fingerprint density at radius 2 is 2.00 bits per heavy atom. The number of nitrogens with zero attached hydrogens (tertiary/aromatic N) is 3. The van der Waals surface area contributed by atoms with Gasteiger partial charge in [0.1, 0.15) is 5.82 Å². The zero-order chi connectivity index (χ0) is 10.8. The van der Waals surface area contributed by atoms with E-state index in [2.05, 4.69) is 30.8 Å². The van der Waals surface area contributed by atoms with E-state index in [0.717, 1.165) is 30.3 Å². The Labute approximate surface area is 99.0 Å². The average molecular weight is 270 g/mol. The average Bonchev–Trinajstić information content (AvgIpc) is 2.23. The van der Waals surface area contributed by atoms with Crippen molar-refractivity contribution >= 4 is 21.7 Å². The van der Waals surface area contributed by atoms with Crippen LogP contribution in [0.3, 0.4) is 0 Å². The van der Waals surface area contributed by atoms with Crippen molar-refractivity contribution in [2.24, 2.45) is 0 Å². The maximum atomic E-state index is 4.57. The first-order valence-electron chi connectivity index (χ1n) is 5.36. The van der Waals surface area contributed by atoms with Crippen LogP contribution in [0, 0.1) is 13.8 Å². The Morgan fingerprint density at radius 1 is 1.33 bits per heavy atom. The maximum Gasteiger partial charge on any atom is 0.150 e. The van der Waals surface area contributed by atoms with Gasteiger partial charge in [-0.15, -0.1) is 0 Å². The molecule has 2 heterocycles. The van der Waals surface area contributed by atoms with E-state index in [0.29, 0.717) is 4.83 Å². The van der Waals surface area contributed by atoms with E-state index in [1.165, 1.54) is 12.8 Å². The maximum absolute atomic E-state index is 4.57. The summed E-state index contributed by atoms with van der Waals surface area (Å²) in [4.78, 5) is 11.9. The molecule has 15 heavy (non-hydrogen) atoms. The summed E-state index contributed by atoms with van der Waals surface area (Å²) in [5.41, 5.74) is 2.03. The molecule has 1 aromatic rings. The Balaban J connectivity index is 2.18. The van der Waals surface area contributed by atoms with Gasteiger partial charge in [-0.05, 0) is 26.7 Å². The number of anilines is 1. The third-order valence-electron chi connectivity index (χ3n) is 2.77. The lowest BCUT2D eigenvalue weighted by atomic mass is 10.1. The van der Waals surface area contributed by atoms with E-state index >= 15 is 0 Å². The molecular weight excluding hydrogens is 254 g/mol. The van der Waals surface area contributed by atoms with Gasteiger partial charge >= 0.3 is 0 Å². The molecule has 0 amide bonds. The van der Waals surface area contributed by atoms with Gasteiger partial charge in [-0.1, -0.05) is 15.9 Å². The van der Waals surface area contributed by atoms with E-state index in [1.54, 1.807) is 0 Å². The molecule has 0 aliphatic carbocycles. The molecule has 0 radical (unpaired) electrons. The molecule has 0 aromatic carbocycles. The van der Waals surface area contributed by atoms with Gasteiger partial charge in [0.2, 0.25) is 0 Å². The zero-order valence-corrected chi connectivity index (χ0v) is 10.8. The van der Waals surface area contributed by atoms with Gasteiger partial charge < -0.3 is 4.90 Å². The molecule has 4 heteroatoms. The summed E-state index contributed by atoms with van der Waals surface area (Å²) in [6, 6.07) is 0. The van der Waals surface area contributed by atoms with Crippen molar-refractivity contribution in [2.45, 2.75) is 31.5 Å². The summed E-state index contributed by atoms with van der Waals surface area (Å²) >= 11 is 3.66. The van der Waals surface area contributed by atoms with Crippen LogP contribution >= 0.6 is 15.9 Å². The monoisotopic (exact) mass is 269 g/mol. The van der Waals surface area contributed by atoms with E-state index in [-0.39, 0.29) is 0 Å². The van der Waals surface area contributed by atoms with Gasteiger partial charge in [0.05, 0.1) is 11.4 Å². The molecule has 1 aliphatic rings. The first-order chi connectivity index (χ1) is 7.16. The molecule has 0 N–H and O–H groups in total. The van der Waals surface area contributed by atoms with Crippen molar-refractivity contribution in [3.05, 3.63) is 17.6 Å². The number of hydrogen-bond acceptors (Lipinski definition) is 3. The molecule has 0 atom stereocenters. The van der Waals surface area contributed by atoms with Gasteiger partial charge in [0.25, 0.3) is 0 Å². The van der Waals surface area contributed by atoms with Crippen LogP contribution in [-0.4, -0.2) is 27.9 Å². The number of rotatable bonds is 1. The van der Waals surface area contributed by atoms with Crippen molar-refractivity contribution in [1.29, 1.82) is 0 Å². The first-order valence-corrected chi connectivity index (χ1v) is 6.27. The number of aryl methyl sites for hydroxylation is 2. The third-order valence-corrected chi connectivity index (χ3v) is 3.69. The predicted octanol–water partition coefficient (Wildman–Crippen LogP) is 2.46. The Hall–Kier alpha value is -0.640. The summed E-state index contributed by atoms with van der Waals surface area (Å²) in [6.45, 7) is 6.18. The van der Waals surface area contributed by atoms with Crippen LogP contribution in [0.5, 0.6) is 0 Å². The summed E-state index contributed by atoms with van der Waals surface area (Å²) in [5, 5.41) is 0. The van der Waals surface area contributed by atoms with E-state index < -0.39 is 0 Å². The molecule has 3 nitrogen and oxygen atoms in total. The molecule has 2 rings (SSSR count). The smallest absolute Gasteiger partial charge is 0.150 e. The van der Waals surface area contributed by atoms with E-state index in [4.69, 9.17) is 0 Å². The highest BCUT2D eigenvalue weighted by Crippen LogP contribution is 2.23. The molecule has 1 saturated heterocycles. The third kappa shape index (κ3) is 2.48. The lowest BCUT2D eigenvalue weighted by Gasteiger charge is -2.31.